The van der Waals surface area contributed by atoms with Crippen molar-refractivity contribution in [3.8, 4) is 11.5 Å². The van der Waals surface area contributed by atoms with Crippen molar-refractivity contribution in [3.63, 3.8) is 0 Å². The van der Waals surface area contributed by atoms with Crippen LogP contribution in [0.4, 0.5) is 0 Å². The number of benzene rings is 2. The first kappa shape index (κ1) is 20.8. The molecule has 1 aromatic heterocycles. The molecule has 0 unspecified atom stereocenters. The Labute approximate surface area is 176 Å². The average molecular weight is 411 g/mol. The van der Waals surface area contributed by atoms with Crippen LogP contribution in [0.25, 0.3) is 0 Å². The van der Waals surface area contributed by atoms with Crippen LogP contribution >= 0.6 is 12.2 Å². The molecule has 0 aliphatic rings. The van der Waals surface area contributed by atoms with E-state index in [1.54, 1.807) is 18.0 Å². The number of aromatic nitrogens is 3. The van der Waals surface area contributed by atoms with Gasteiger partial charge < -0.3 is 9.47 Å². The molecule has 29 heavy (non-hydrogen) atoms. The highest BCUT2D eigenvalue weighted by atomic mass is 32.1. The van der Waals surface area contributed by atoms with Crippen LogP contribution in [0.15, 0.2) is 47.6 Å². The van der Waals surface area contributed by atoms with Gasteiger partial charge >= 0.3 is 0 Å². The van der Waals surface area contributed by atoms with E-state index in [1.165, 1.54) is 5.56 Å². The number of hydrogen-bond acceptors (Lipinski definition) is 5. The number of unbranched alkanes of at least 4 members (excludes halogenated alkanes) is 1. The maximum atomic E-state index is 6.12. The predicted octanol–water partition coefficient (Wildman–Crippen LogP) is 5.06. The van der Waals surface area contributed by atoms with E-state index in [-0.39, 0.29) is 0 Å². The number of rotatable bonds is 9. The third-order valence-corrected chi connectivity index (χ3v) is 4.74. The molecule has 0 bridgehead atoms. The molecule has 3 rings (SSSR count). The maximum Gasteiger partial charge on any atom is 0.216 e. The van der Waals surface area contributed by atoms with E-state index in [1.807, 2.05) is 30.3 Å². The van der Waals surface area contributed by atoms with Crippen molar-refractivity contribution in [2.24, 2.45) is 5.10 Å². The summed E-state index contributed by atoms with van der Waals surface area (Å²) >= 11 is 5.32. The Bertz CT molecular complexity index is 1040. The topological polar surface area (TPSA) is 64.4 Å². The zero-order valence-corrected chi connectivity index (χ0v) is 17.8. The molecule has 0 fully saturated rings. The first-order valence-electron chi connectivity index (χ1n) is 9.68. The van der Waals surface area contributed by atoms with Crippen LogP contribution in [0.1, 0.15) is 42.3 Å². The molecule has 1 N–H and O–H groups in total. The summed E-state index contributed by atoms with van der Waals surface area (Å²) in [5, 5.41) is 11.7. The highest BCUT2D eigenvalue weighted by molar-refractivity contribution is 7.71. The minimum absolute atomic E-state index is 0.440. The van der Waals surface area contributed by atoms with Gasteiger partial charge in [-0.25, -0.2) is 0 Å². The second kappa shape index (κ2) is 10.0. The fraction of sp³-hybridized carbons (Fsp3) is 0.318. The Balaban J connectivity index is 1.87. The zero-order valence-electron chi connectivity index (χ0n) is 17.0. The van der Waals surface area contributed by atoms with E-state index in [0.29, 0.717) is 22.9 Å². The number of nitrogens with one attached hydrogen (secondary N) is 1. The highest BCUT2D eigenvalue weighted by Crippen LogP contribution is 2.31. The second-order valence-electron chi connectivity index (χ2n) is 6.76. The molecular formula is C22H26N4O2S. The van der Waals surface area contributed by atoms with Crippen LogP contribution in [0.2, 0.25) is 0 Å². The number of ether oxygens (including phenoxy) is 2. The quantitative estimate of drug-likeness (QED) is 0.395. The number of nitrogens with zero attached hydrogens (tertiary/aromatic N) is 3. The lowest BCUT2D eigenvalue weighted by Gasteiger charge is -2.13. The summed E-state index contributed by atoms with van der Waals surface area (Å²) in [6.07, 6.45) is 4.65. The molecule has 0 aliphatic heterocycles. The summed E-state index contributed by atoms with van der Waals surface area (Å²) in [7, 11) is 1.63. The number of H-pyrrole nitrogens is 1. The Hall–Kier alpha value is -2.93. The lowest BCUT2D eigenvalue weighted by Crippen LogP contribution is -2.03. The molecule has 0 atom stereocenters. The van der Waals surface area contributed by atoms with Crippen molar-refractivity contribution < 1.29 is 9.47 Å². The first-order valence-corrected chi connectivity index (χ1v) is 10.1. The van der Waals surface area contributed by atoms with Crippen LogP contribution in [0.5, 0.6) is 11.5 Å². The number of hydrogen-bond donors (Lipinski definition) is 1. The fourth-order valence-corrected chi connectivity index (χ4v) is 3.17. The molecule has 0 saturated carbocycles. The van der Waals surface area contributed by atoms with Gasteiger partial charge in [0.15, 0.2) is 17.3 Å². The largest absolute Gasteiger partial charge is 0.493 e. The maximum absolute atomic E-state index is 6.12. The molecule has 0 amide bonds. The van der Waals surface area contributed by atoms with Crippen LogP contribution < -0.4 is 9.47 Å². The van der Waals surface area contributed by atoms with E-state index >= 15 is 0 Å². The lowest BCUT2D eigenvalue weighted by molar-refractivity contribution is 0.284. The SMILES string of the molecule is CCCCc1n[nH]c(=S)n1/N=C/c1cccc(OC)c1OCc1cccc(C)c1. The Morgan fingerprint density at radius 1 is 1.24 bits per heavy atom. The second-order valence-corrected chi connectivity index (χ2v) is 7.15. The third kappa shape index (κ3) is 5.32. The van der Waals surface area contributed by atoms with Gasteiger partial charge in [0.25, 0.3) is 0 Å². The first-order chi connectivity index (χ1) is 14.1. The molecule has 7 heteroatoms. The van der Waals surface area contributed by atoms with Crippen LogP contribution in [-0.4, -0.2) is 28.2 Å². The van der Waals surface area contributed by atoms with Crippen molar-refractivity contribution >= 4 is 18.4 Å². The molecule has 0 saturated heterocycles. The number of aromatic amines is 1. The Kier molecular flexibility index (Phi) is 7.19. The smallest absolute Gasteiger partial charge is 0.216 e. The van der Waals surface area contributed by atoms with Gasteiger partial charge in [0, 0.05) is 12.0 Å². The van der Waals surface area contributed by atoms with E-state index in [0.717, 1.165) is 36.2 Å². The van der Waals surface area contributed by atoms with E-state index in [2.05, 4.69) is 41.3 Å². The van der Waals surface area contributed by atoms with Crippen LogP contribution in [0.3, 0.4) is 0 Å². The number of para-hydroxylation sites is 1. The number of aryl methyl sites for hydroxylation is 2. The summed E-state index contributed by atoms with van der Waals surface area (Å²) in [6, 6.07) is 14.0. The minimum atomic E-state index is 0.440. The highest BCUT2D eigenvalue weighted by Gasteiger charge is 2.11. The van der Waals surface area contributed by atoms with E-state index < -0.39 is 0 Å². The zero-order chi connectivity index (χ0) is 20.6. The van der Waals surface area contributed by atoms with Gasteiger partial charge in [-0.05, 0) is 43.3 Å². The summed E-state index contributed by atoms with van der Waals surface area (Å²) in [4.78, 5) is 0. The normalized spacial score (nSPS) is 11.1. The molecule has 0 spiro atoms. The molecule has 0 aliphatic carbocycles. The van der Waals surface area contributed by atoms with Crippen molar-refractivity contribution in [1.82, 2.24) is 14.9 Å². The van der Waals surface area contributed by atoms with Crippen molar-refractivity contribution in [3.05, 3.63) is 69.8 Å². The van der Waals surface area contributed by atoms with E-state index in [4.69, 9.17) is 21.7 Å². The van der Waals surface area contributed by atoms with Gasteiger partial charge in [0.1, 0.15) is 6.61 Å². The van der Waals surface area contributed by atoms with Gasteiger partial charge in [0.2, 0.25) is 4.77 Å². The molecule has 152 valence electrons. The molecule has 3 aromatic rings. The fourth-order valence-electron chi connectivity index (χ4n) is 2.97. The summed E-state index contributed by atoms with van der Waals surface area (Å²) < 4.78 is 13.8. The lowest BCUT2D eigenvalue weighted by atomic mass is 10.1. The summed E-state index contributed by atoms with van der Waals surface area (Å²) in [5.41, 5.74) is 3.10. The summed E-state index contributed by atoms with van der Waals surface area (Å²) in [5.74, 6) is 2.12. The summed E-state index contributed by atoms with van der Waals surface area (Å²) in [6.45, 7) is 4.65. The molecule has 0 radical (unpaired) electrons. The van der Waals surface area contributed by atoms with Gasteiger partial charge in [-0.2, -0.15) is 14.9 Å². The molecule has 2 aromatic carbocycles. The van der Waals surface area contributed by atoms with Crippen LogP contribution in [0, 0.1) is 11.7 Å². The molecule has 1 heterocycles. The Morgan fingerprint density at radius 2 is 2.07 bits per heavy atom. The van der Waals surface area contributed by atoms with Gasteiger partial charge in [0.05, 0.1) is 13.3 Å². The van der Waals surface area contributed by atoms with Crippen molar-refractivity contribution in [2.45, 2.75) is 39.7 Å². The van der Waals surface area contributed by atoms with E-state index in [9.17, 15) is 0 Å². The van der Waals surface area contributed by atoms with Gasteiger partial charge in [-0.3, -0.25) is 5.10 Å². The van der Waals surface area contributed by atoms with Crippen molar-refractivity contribution in [2.75, 3.05) is 7.11 Å². The van der Waals surface area contributed by atoms with Gasteiger partial charge in [-0.1, -0.05) is 49.2 Å². The number of methoxy groups -OCH3 is 1. The van der Waals surface area contributed by atoms with Gasteiger partial charge in [-0.15, -0.1) is 0 Å². The standard InChI is InChI=1S/C22H26N4O2S/c1-4-5-12-20-24-25-22(29)26(20)23-14-18-10-7-11-19(27-3)21(18)28-15-17-9-6-8-16(2)13-17/h6-11,13-14H,4-5,12,15H2,1-3H3,(H,25,29)/b23-14+. The monoisotopic (exact) mass is 410 g/mol. The third-order valence-electron chi connectivity index (χ3n) is 4.48. The van der Waals surface area contributed by atoms with Crippen molar-refractivity contribution in [1.29, 1.82) is 0 Å². The van der Waals surface area contributed by atoms with Crippen LogP contribution in [-0.2, 0) is 13.0 Å². The Morgan fingerprint density at radius 3 is 2.83 bits per heavy atom. The average Bonchev–Trinajstić information content (AvgIpc) is 3.08. The minimum Gasteiger partial charge on any atom is -0.493 e. The molecular weight excluding hydrogens is 384 g/mol. The predicted molar refractivity (Wildman–Crippen MR) is 118 cm³/mol. The molecule has 6 nitrogen and oxygen atoms in total.